The summed E-state index contributed by atoms with van der Waals surface area (Å²) in [6.45, 7) is 3.78. The van der Waals surface area contributed by atoms with Crippen LogP contribution in [0.4, 0.5) is 0 Å². The van der Waals surface area contributed by atoms with Crippen molar-refractivity contribution in [2.75, 3.05) is 6.54 Å². The van der Waals surface area contributed by atoms with Crippen LogP contribution in [0.15, 0.2) is 0 Å². The second kappa shape index (κ2) is 6.52. The highest BCUT2D eigenvalue weighted by Gasteiger charge is 2.27. The molecule has 0 aliphatic heterocycles. The maximum atomic E-state index is 11.6. The molecule has 1 aliphatic carbocycles. The first-order valence-electron chi connectivity index (χ1n) is 6.54. The smallest absolute Gasteiger partial charge is 0.323 e. The number of rotatable bonds is 6. The molecule has 0 heterocycles. The van der Waals surface area contributed by atoms with Gasteiger partial charge in [0.1, 0.15) is 0 Å². The Morgan fingerprint density at radius 3 is 2.39 bits per heavy atom. The van der Waals surface area contributed by atoms with Crippen molar-refractivity contribution in [3.8, 4) is 0 Å². The second-order valence-electron chi connectivity index (χ2n) is 5.33. The molecule has 1 atom stereocenters. The molecule has 5 nitrogen and oxygen atoms in total. The standard InChI is InChI=1S/C12H23NO4S/c1-9-3-5-11(6-4-9)7-8-13-18(16,17)10(2)12(14)15/h9-11,13H,3-8H2,1-2H3,(H,14,15). The molecule has 0 aromatic carbocycles. The van der Waals surface area contributed by atoms with E-state index in [9.17, 15) is 13.2 Å². The van der Waals surface area contributed by atoms with E-state index in [-0.39, 0.29) is 0 Å². The Balaban J connectivity index is 2.31. The molecular formula is C12H23NO4S. The van der Waals surface area contributed by atoms with Gasteiger partial charge >= 0.3 is 5.97 Å². The number of hydrogen-bond acceptors (Lipinski definition) is 3. The predicted octanol–water partition coefficient (Wildman–Crippen LogP) is 1.60. The highest BCUT2D eigenvalue weighted by atomic mass is 32.2. The highest BCUT2D eigenvalue weighted by molar-refractivity contribution is 7.90. The van der Waals surface area contributed by atoms with Crippen molar-refractivity contribution >= 4 is 16.0 Å². The summed E-state index contributed by atoms with van der Waals surface area (Å²) in [4.78, 5) is 10.6. The summed E-state index contributed by atoms with van der Waals surface area (Å²) in [7, 11) is -3.72. The maximum Gasteiger partial charge on any atom is 0.323 e. The molecule has 18 heavy (non-hydrogen) atoms. The number of sulfonamides is 1. The normalized spacial score (nSPS) is 26.8. The van der Waals surface area contributed by atoms with Crippen molar-refractivity contribution in [2.24, 2.45) is 11.8 Å². The summed E-state index contributed by atoms with van der Waals surface area (Å²) in [5, 5.41) is 7.29. The fraction of sp³-hybridized carbons (Fsp3) is 0.917. The van der Waals surface area contributed by atoms with E-state index < -0.39 is 21.2 Å². The molecule has 1 fully saturated rings. The summed E-state index contributed by atoms with van der Waals surface area (Å²) >= 11 is 0. The number of nitrogens with one attached hydrogen (secondary N) is 1. The average Bonchev–Trinajstić information content (AvgIpc) is 2.30. The van der Waals surface area contributed by atoms with Crippen molar-refractivity contribution < 1.29 is 18.3 Å². The number of carboxylic acids is 1. The van der Waals surface area contributed by atoms with Crippen LogP contribution in [0.3, 0.4) is 0 Å². The lowest BCUT2D eigenvalue weighted by molar-refractivity contribution is -0.136. The van der Waals surface area contributed by atoms with Crippen molar-refractivity contribution in [3.05, 3.63) is 0 Å². The SMILES string of the molecule is CC1CCC(CCNS(=O)(=O)C(C)C(=O)O)CC1. The van der Waals surface area contributed by atoms with E-state index in [0.717, 1.165) is 25.2 Å². The number of hydrogen-bond donors (Lipinski definition) is 2. The molecule has 1 unspecified atom stereocenters. The van der Waals surface area contributed by atoms with Crippen LogP contribution in [0, 0.1) is 11.8 Å². The number of aliphatic carboxylic acids is 1. The van der Waals surface area contributed by atoms with Gasteiger partial charge in [0, 0.05) is 6.54 Å². The van der Waals surface area contributed by atoms with E-state index in [1.807, 2.05) is 0 Å². The monoisotopic (exact) mass is 277 g/mol. The number of carbonyl (C=O) groups is 1. The Morgan fingerprint density at radius 1 is 1.33 bits per heavy atom. The molecule has 1 rings (SSSR count). The van der Waals surface area contributed by atoms with Gasteiger partial charge in [-0.1, -0.05) is 32.6 Å². The van der Waals surface area contributed by atoms with Crippen molar-refractivity contribution in [2.45, 2.75) is 51.2 Å². The van der Waals surface area contributed by atoms with E-state index in [0.29, 0.717) is 12.5 Å². The van der Waals surface area contributed by atoms with Gasteiger partial charge in [-0.3, -0.25) is 4.79 Å². The van der Waals surface area contributed by atoms with E-state index in [2.05, 4.69) is 11.6 Å². The van der Waals surface area contributed by atoms with Gasteiger partial charge in [-0.25, -0.2) is 13.1 Å². The lowest BCUT2D eigenvalue weighted by Gasteiger charge is -2.26. The first kappa shape index (κ1) is 15.4. The third kappa shape index (κ3) is 4.57. The van der Waals surface area contributed by atoms with Gasteiger partial charge in [0.05, 0.1) is 0 Å². The topological polar surface area (TPSA) is 83.5 Å². The molecule has 6 heteroatoms. The minimum atomic E-state index is -3.72. The average molecular weight is 277 g/mol. The van der Waals surface area contributed by atoms with Crippen LogP contribution in [-0.4, -0.2) is 31.3 Å². The summed E-state index contributed by atoms with van der Waals surface area (Å²) < 4.78 is 25.5. The molecule has 1 saturated carbocycles. The molecule has 0 spiro atoms. The van der Waals surface area contributed by atoms with Gasteiger partial charge in [-0.05, 0) is 25.2 Å². The molecule has 106 valence electrons. The summed E-state index contributed by atoms with van der Waals surface area (Å²) in [5.41, 5.74) is 0. The zero-order valence-corrected chi connectivity index (χ0v) is 11.9. The lowest BCUT2D eigenvalue weighted by atomic mass is 9.81. The first-order valence-corrected chi connectivity index (χ1v) is 8.09. The van der Waals surface area contributed by atoms with Gasteiger partial charge in [-0.2, -0.15) is 0 Å². The molecule has 0 bridgehead atoms. The van der Waals surface area contributed by atoms with Crippen LogP contribution >= 0.6 is 0 Å². The van der Waals surface area contributed by atoms with Gasteiger partial charge in [0.15, 0.2) is 5.25 Å². The van der Waals surface area contributed by atoms with Crippen molar-refractivity contribution in [1.82, 2.24) is 4.72 Å². The second-order valence-corrected chi connectivity index (χ2v) is 7.42. The Kier molecular flexibility index (Phi) is 5.59. The van der Waals surface area contributed by atoms with Gasteiger partial charge in [-0.15, -0.1) is 0 Å². The minimum Gasteiger partial charge on any atom is -0.480 e. The van der Waals surface area contributed by atoms with Crippen LogP contribution < -0.4 is 4.72 Å². The fourth-order valence-electron chi connectivity index (χ4n) is 2.28. The van der Waals surface area contributed by atoms with Crippen LogP contribution in [-0.2, 0) is 14.8 Å². The Bertz CT molecular complexity index is 372. The quantitative estimate of drug-likeness (QED) is 0.772. The molecule has 0 aromatic heterocycles. The number of carboxylic acid groups (broad SMARTS) is 1. The van der Waals surface area contributed by atoms with Crippen molar-refractivity contribution in [3.63, 3.8) is 0 Å². The van der Waals surface area contributed by atoms with Crippen LogP contribution in [0.25, 0.3) is 0 Å². The molecule has 0 amide bonds. The van der Waals surface area contributed by atoms with Crippen LogP contribution in [0.5, 0.6) is 0 Å². The van der Waals surface area contributed by atoms with E-state index >= 15 is 0 Å². The molecule has 2 N–H and O–H groups in total. The Morgan fingerprint density at radius 2 is 1.89 bits per heavy atom. The molecule has 0 aromatic rings. The molecule has 0 saturated heterocycles. The van der Waals surface area contributed by atoms with Gasteiger partial charge in [0.2, 0.25) is 10.0 Å². The van der Waals surface area contributed by atoms with Crippen LogP contribution in [0.1, 0.15) is 46.0 Å². The summed E-state index contributed by atoms with van der Waals surface area (Å²) in [6.07, 6.45) is 5.53. The lowest BCUT2D eigenvalue weighted by Crippen LogP contribution is -2.38. The highest BCUT2D eigenvalue weighted by Crippen LogP contribution is 2.29. The predicted molar refractivity (Wildman–Crippen MR) is 69.8 cm³/mol. The van der Waals surface area contributed by atoms with Crippen LogP contribution in [0.2, 0.25) is 0 Å². The third-order valence-electron chi connectivity index (χ3n) is 3.80. The molecule has 1 aliphatic rings. The molecule has 0 radical (unpaired) electrons. The van der Waals surface area contributed by atoms with Gasteiger partial charge in [0.25, 0.3) is 0 Å². The summed E-state index contributed by atoms with van der Waals surface area (Å²) in [6, 6.07) is 0. The van der Waals surface area contributed by atoms with Gasteiger partial charge < -0.3 is 5.11 Å². The van der Waals surface area contributed by atoms with Crippen molar-refractivity contribution in [1.29, 1.82) is 0 Å². The zero-order valence-electron chi connectivity index (χ0n) is 11.1. The first-order chi connectivity index (χ1) is 8.33. The zero-order chi connectivity index (χ0) is 13.8. The Labute approximate surface area is 109 Å². The Hall–Kier alpha value is -0.620. The van der Waals surface area contributed by atoms with E-state index in [4.69, 9.17) is 5.11 Å². The maximum absolute atomic E-state index is 11.6. The molecular weight excluding hydrogens is 254 g/mol. The summed E-state index contributed by atoms with van der Waals surface area (Å²) in [5.74, 6) is 0.0444. The third-order valence-corrected chi connectivity index (χ3v) is 5.54. The minimum absolute atomic E-state index is 0.346. The van der Waals surface area contributed by atoms with E-state index in [1.54, 1.807) is 0 Å². The van der Waals surface area contributed by atoms with E-state index in [1.165, 1.54) is 19.8 Å². The fourth-order valence-corrected chi connectivity index (χ4v) is 3.20. The largest absolute Gasteiger partial charge is 0.480 e.